The lowest BCUT2D eigenvalue weighted by Crippen LogP contribution is -2.44. The van der Waals surface area contributed by atoms with Gasteiger partial charge in [-0.25, -0.2) is 0 Å². The van der Waals surface area contributed by atoms with Crippen LogP contribution in [-0.2, 0) is 33.4 Å². The van der Waals surface area contributed by atoms with Gasteiger partial charge in [-0.05, 0) is 19.3 Å². The molecule has 0 aliphatic rings. The minimum absolute atomic E-state index is 0.131. The molecule has 0 aliphatic carbocycles. The molecule has 0 atom stereocenters. The van der Waals surface area contributed by atoms with Crippen molar-refractivity contribution in [1.82, 2.24) is 9.80 Å². The molecular weight excluding hydrogens is 420 g/mol. The van der Waals surface area contributed by atoms with Crippen molar-refractivity contribution in [2.24, 2.45) is 0 Å². The lowest BCUT2D eigenvalue weighted by molar-refractivity contribution is -0.151. The number of hydrogen-bond donors (Lipinski definition) is 1. The third-order valence-electron chi connectivity index (χ3n) is 4.43. The molecule has 32 heavy (non-hydrogen) atoms. The average Bonchev–Trinajstić information content (AvgIpc) is 2.72. The van der Waals surface area contributed by atoms with Gasteiger partial charge in [-0.2, -0.15) is 0 Å². The second kappa shape index (κ2) is 19.5. The van der Waals surface area contributed by atoms with Crippen LogP contribution < -0.4 is 0 Å². The van der Waals surface area contributed by atoms with Gasteiger partial charge < -0.3 is 19.3 Å². The standard InChI is InChI=1S/C22H40N2O8/c1-4-7-12-30-20(27)16-23(15-19(25)26)10-11-24(17-21(28)31-13-8-5-2)18-22(29)32-14-9-6-3/h4-18H2,1-3H3,(H,25,26). The molecule has 0 unspecified atom stereocenters. The van der Waals surface area contributed by atoms with E-state index in [1.807, 2.05) is 20.8 Å². The fourth-order valence-corrected chi connectivity index (χ4v) is 2.58. The predicted octanol–water partition coefficient (Wildman–Crippen LogP) is 1.70. The van der Waals surface area contributed by atoms with E-state index in [0.717, 1.165) is 38.5 Å². The van der Waals surface area contributed by atoms with Gasteiger partial charge in [0.25, 0.3) is 0 Å². The molecule has 0 saturated carbocycles. The molecule has 10 nitrogen and oxygen atoms in total. The summed E-state index contributed by atoms with van der Waals surface area (Å²) in [5, 5.41) is 9.15. The maximum Gasteiger partial charge on any atom is 0.320 e. The SMILES string of the molecule is CCCCOC(=O)CN(CCN(CC(=O)OCCCC)CC(=O)OCCCC)CC(=O)O. The Bertz CT molecular complexity index is 532. The van der Waals surface area contributed by atoms with Crippen LogP contribution in [-0.4, -0.2) is 97.9 Å². The van der Waals surface area contributed by atoms with Gasteiger partial charge in [-0.3, -0.25) is 29.0 Å². The Morgan fingerprint density at radius 2 is 0.906 bits per heavy atom. The highest BCUT2D eigenvalue weighted by Crippen LogP contribution is 2.00. The van der Waals surface area contributed by atoms with Crippen LogP contribution in [0.4, 0.5) is 0 Å². The number of nitrogens with zero attached hydrogens (tertiary/aromatic N) is 2. The first-order valence-corrected chi connectivity index (χ1v) is 11.5. The molecule has 0 rings (SSSR count). The predicted molar refractivity (Wildman–Crippen MR) is 118 cm³/mol. The van der Waals surface area contributed by atoms with E-state index >= 15 is 0 Å². The highest BCUT2D eigenvalue weighted by atomic mass is 16.5. The third-order valence-corrected chi connectivity index (χ3v) is 4.43. The zero-order valence-corrected chi connectivity index (χ0v) is 19.8. The Morgan fingerprint density at radius 3 is 1.19 bits per heavy atom. The molecule has 0 heterocycles. The van der Waals surface area contributed by atoms with Gasteiger partial charge in [0, 0.05) is 13.1 Å². The van der Waals surface area contributed by atoms with E-state index in [1.165, 1.54) is 4.90 Å². The number of ether oxygens (including phenoxy) is 3. The number of carboxylic acids is 1. The molecule has 0 saturated heterocycles. The largest absolute Gasteiger partial charge is 0.480 e. The van der Waals surface area contributed by atoms with E-state index in [9.17, 15) is 19.2 Å². The van der Waals surface area contributed by atoms with Crippen LogP contribution in [0.3, 0.4) is 0 Å². The zero-order valence-electron chi connectivity index (χ0n) is 19.8. The lowest BCUT2D eigenvalue weighted by atomic mass is 10.3. The Kier molecular flexibility index (Phi) is 18.1. The first kappa shape index (κ1) is 29.8. The van der Waals surface area contributed by atoms with Gasteiger partial charge >= 0.3 is 23.9 Å². The molecule has 0 bridgehead atoms. The Balaban J connectivity index is 4.90. The quantitative estimate of drug-likeness (QED) is 0.163. The normalized spacial score (nSPS) is 10.9. The number of esters is 3. The van der Waals surface area contributed by atoms with E-state index in [2.05, 4.69) is 0 Å². The molecule has 0 aliphatic heterocycles. The first-order valence-electron chi connectivity index (χ1n) is 11.5. The number of unbranched alkanes of at least 4 members (excludes halogenated alkanes) is 3. The smallest absolute Gasteiger partial charge is 0.320 e. The second-order valence-electron chi connectivity index (χ2n) is 7.54. The van der Waals surface area contributed by atoms with Gasteiger partial charge in [-0.15, -0.1) is 0 Å². The third kappa shape index (κ3) is 17.5. The maximum absolute atomic E-state index is 12.1. The molecule has 0 aromatic heterocycles. The van der Waals surface area contributed by atoms with Crippen molar-refractivity contribution in [3.8, 4) is 0 Å². The van der Waals surface area contributed by atoms with Crippen LogP contribution in [0.25, 0.3) is 0 Å². The molecule has 0 radical (unpaired) electrons. The molecular formula is C22H40N2O8. The summed E-state index contributed by atoms with van der Waals surface area (Å²) in [4.78, 5) is 50.4. The number of rotatable bonds is 20. The van der Waals surface area contributed by atoms with Gasteiger partial charge in [0.2, 0.25) is 0 Å². The lowest BCUT2D eigenvalue weighted by Gasteiger charge is -2.25. The number of hydrogen-bond acceptors (Lipinski definition) is 9. The van der Waals surface area contributed by atoms with E-state index in [0.29, 0.717) is 13.2 Å². The Hall–Kier alpha value is -2.20. The summed E-state index contributed by atoms with van der Waals surface area (Å²) < 4.78 is 15.4. The average molecular weight is 461 g/mol. The van der Waals surface area contributed by atoms with Crippen molar-refractivity contribution in [2.75, 3.05) is 59.1 Å². The zero-order chi connectivity index (χ0) is 24.2. The Morgan fingerprint density at radius 1 is 0.594 bits per heavy atom. The summed E-state index contributed by atoms with van der Waals surface area (Å²) >= 11 is 0. The molecule has 0 aromatic carbocycles. The van der Waals surface area contributed by atoms with Crippen molar-refractivity contribution in [3.05, 3.63) is 0 Å². The molecule has 186 valence electrons. The maximum atomic E-state index is 12.1. The number of carboxylic acid groups (broad SMARTS) is 1. The highest BCUT2D eigenvalue weighted by Gasteiger charge is 2.20. The highest BCUT2D eigenvalue weighted by molar-refractivity contribution is 5.75. The van der Waals surface area contributed by atoms with Crippen molar-refractivity contribution in [3.63, 3.8) is 0 Å². The van der Waals surface area contributed by atoms with E-state index < -0.39 is 23.9 Å². The second-order valence-corrected chi connectivity index (χ2v) is 7.54. The Labute approximate surface area is 191 Å². The molecule has 0 spiro atoms. The van der Waals surface area contributed by atoms with Crippen LogP contribution >= 0.6 is 0 Å². The summed E-state index contributed by atoms with van der Waals surface area (Å²) in [7, 11) is 0. The topological polar surface area (TPSA) is 123 Å². The van der Waals surface area contributed by atoms with Crippen molar-refractivity contribution in [2.45, 2.75) is 59.3 Å². The monoisotopic (exact) mass is 460 g/mol. The fraction of sp³-hybridized carbons (Fsp3) is 0.818. The number of aliphatic carboxylic acids is 1. The summed E-state index contributed by atoms with van der Waals surface area (Å²) in [5.41, 5.74) is 0. The first-order chi connectivity index (χ1) is 15.3. The van der Waals surface area contributed by atoms with Crippen LogP contribution in [0.2, 0.25) is 0 Å². The van der Waals surface area contributed by atoms with Crippen molar-refractivity contribution >= 4 is 23.9 Å². The molecule has 0 fully saturated rings. The van der Waals surface area contributed by atoms with Gasteiger partial charge in [0.1, 0.15) is 0 Å². The van der Waals surface area contributed by atoms with Gasteiger partial charge in [0.05, 0.1) is 46.0 Å². The number of carbonyl (C=O) groups is 4. The fourth-order valence-electron chi connectivity index (χ4n) is 2.58. The van der Waals surface area contributed by atoms with Crippen LogP contribution in [0.1, 0.15) is 59.3 Å². The molecule has 0 aromatic rings. The van der Waals surface area contributed by atoms with Crippen LogP contribution in [0.5, 0.6) is 0 Å². The summed E-state index contributed by atoms with van der Waals surface area (Å²) in [6.45, 7) is 6.36. The van der Waals surface area contributed by atoms with Gasteiger partial charge in [-0.1, -0.05) is 40.0 Å². The summed E-state index contributed by atoms with van der Waals surface area (Å²) in [5.74, 6) is -2.54. The van der Waals surface area contributed by atoms with Crippen molar-refractivity contribution in [1.29, 1.82) is 0 Å². The van der Waals surface area contributed by atoms with E-state index in [4.69, 9.17) is 19.3 Å². The number of carbonyl (C=O) groups excluding carboxylic acids is 3. The summed E-state index contributed by atoms with van der Waals surface area (Å²) in [6.07, 6.45) is 4.88. The van der Waals surface area contributed by atoms with E-state index in [-0.39, 0.29) is 45.9 Å². The minimum atomic E-state index is -1.09. The molecule has 1 N–H and O–H groups in total. The van der Waals surface area contributed by atoms with E-state index in [1.54, 1.807) is 4.90 Å². The minimum Gasteiger partial charge on any atom is -0.480 e. The molecule has 10 heteroatoms. The van der Waals surface area contributed by atoms with Crippen LogP contribution in [0, 0.1) is 0 Å². The van der Waals surface area contributed by atoms with Crippen LogP contribution in [0.15, 0.2) is 0 Å². The van der Waals surface area contributed by atoms with Gasteiger partial charge in [0.15, 0.2) is 0 Å². The molecule has 0 amide bonds. The summed E-state index contributed by atoms with van der Waals surface area (Å²) in [6, 6.07) is 0. The van der Waals surface area contributed by atoms with Crippen molar-refractivity contribution < 1.29 is 38.5 Å².